The fourth-order valence-electron chi connectivity index (χ4n) is 2.15. The molecule has 96 valence electrons. The zero-order valence-corrected chi connectivity index (χ0v) is 11.3. The molecular weight excluding hydrogens is 228 g/mol. The Balaban J connectivity index is 2.45. The third kappa shape index (κ3) is 1.96. The predicted octanol–water partition coefficient (Wildman–Crippen LogP) is 1.87. The van der Waals surface area contributed by atoms with E-state index in [1.807, 2.05) is 20.9 Å². The highest BCUT2D eigenvalue weighted by Crippen LogP contribution is 2.17. The molecule has 0 radical (unpaired) electrons. The maximum absolute atomic E-state index is 12.5. The van der Waals surface area contributed by atoms with Crippen LogP contribution in [-0.2, 0) is 13.6 Å². The number of rotatable bonds is 4. The van der Waals surface area contributed by atoms with Gasteiger partial charge in [-0.2, -0.15) is 10.2 Å². The third-order valence-corrected chi connectivity index (χ3v) is 3.12. The van der Waals surface area contributed by atoms with E-state index < -0.39 is 0 Å². The van der Waals surface area contributed by atoms with Gasteiger partial charge < -0.3 is 0 Å². The van der Waals surface area contributed by atoms with Gasteiger partial charge in [0.1, 0.15) is 5.69 Å². The van der Waals surface area contributed by atoms with E-state index in [0.29, 0.717) is 11.3 Å². The zero-order chi connectivity index (χ0) is 13.3. The standard InChI is InChI=1S/C13H18N4O/c1-5-8-17-11(6-7-14-17)13(18)12-9(2)15-16(4)10(12)3/h6-7H,5,8H2,1-4H3. The highest BCUT2D eigenvalue weighted by molar-refractivity contribution is 6.09. The number of carbonyl (C=O) groups is 1. The van der Waals surface area contributed by atoms with Crippen LogP contribution in [0.4, 0.5) is 0 Å². The van der Waals surface area contributed by atoms with Crippen LogP contribution in [0.2, 0.25) is 0 Å². The molecule has 0 bridgehead atoms. The number of hydrogen-bond donors (Lipinski definition) is 0. The highest BCUT2D eigenvalue weighted by Gasteiger charge is 2.21. The molecule has 2 heterocycles. The van der Waals surface area contributed by atoms with Gasteiger partial charge in [0.15, 0.2) is 0 Å². The lowest BCUT2D eigenvalue weighted by molar-refractivity contribution is 0.102. The van der Waals surface area contributed by atoms with Crippen molar-refractivity contribution < 1.29 is 4.79 Å². The van der Waals surface area contributed by atoms with Gasteiger partial charge in [-0.1, -0.05) is 6.92 Å². The van der Waals surface area contributed by atoms with Gasteiger partial charge in [-0.3, -0.25) is 14.2 Å². The second-order valence-electron chi connectivity index (χ2n) is 4.44. The van der Waals surface area contributed by atoms with Crippen LogP contribution in [0.5, 0.6) is 0 Å². The Hall–Kier alpha value is -1.91. The van der Waals surface area contributed by atoms with Crippen LogP contribution in [0, 0.1) is 13.8 Å². The Labute approximate surface area is 106 Å². The Morgan fingerprint density at radius 1 is 1.39 bits per heavy atom. The Morgan fingerprint density at radius 2 is 2.11 bits per heavy atom. The van der Waals surface area contributed by atoms with Crippen molar-refractivity contribution in [3.63, 3.8) is 0 Å². The maximum atomic E-state index is 12.5. The number of hydrogen-bond acceptors (Lipinski definition) is 3. The molecule has 5 nitrogen and oxygen atoms in total. The molecule has 2 aromatic heterocycles. The first kappa shape index (κ1) is 12.5. The van der Waals surface area contributed by atoms with E-state index in [2.05, 4.69) is 17.1 Å². The molecule has 5 heteroatoms. The second kappa shape index (κ2) is 4.76. The van der Waals surface area contributed by atoms with Gasteiger partial charge in [0.2, 0.25) is 5.78 Å². The molecule has 0 aliphatic rings. The average molecular weight is 246 g/mol. The highest BCUT2D eigenvalue weighted by atomic mass is 16.1. The summed E-state index contributed by atoms with van der Waals surface area (Å²) in [6.07, 6.45) is 2.62. The Kier molecular flexibility index (Phi) is 3.32. The summed E-state index contributed by atoms with van der Waals surface area (Å²) in [7, 11) is 1.85. The topological polar surface area (TPSA) is 52.7 Å². The molecule has 0 spiro atoms. The molecule has 0 aliphatic carbocycles. The number of aryl methyl sites for hydroxylation is 3. The zero-order valence-electron chi connectivity index (χ0n) is 11.3. The first-order valence-corrected chi connectivity index (χ1v) is 6.13. The van der Waals surface area contributed by atoms with Crippen molar-refractivity contribution in [2.45, 2.75) is 33.7 Å². The minimum absolute atomic E-state index is 0.00375. The number of carbonyl (C=O) groups excluding carboxylic acids is 1. The van der Waals surface area contributed by atoms with E-state index in [1.54, 1.807) is 21.6 Å². The van der Waals surface area contributed by atoms with Crippen LogP contribution in [0.25, 0.3) is 0 Å². The van der Waals surface area contributed by atoms with Gasteiger partial charge in [-0.25, -0.2) is 0 Å². The summed E-state index contributed by atoms with van der Waals surface area (Å²) in [5, 5.41) is 8.47. The summed E-state index contributed by atoms with van der Waals surface area (Å²) in [5.41, 5.74) is 2.98. The molecule has 0 amide bonds. The fraction of sp³-hybridized carbons (Fsp3) is 0.462. The molecule has 0 saturated carbocycles. The summed E-state index contributed by atoms with van der Waals surface area (Å²) in [6.45, 7) is 6.59. The van der Waals surface area contributed by atoms with Gasteiger partial charge in [-0.15, -0.1) is 0 Å². The van der Waals surface area contributed by atoms with Gasteiger partial charge >= 0.3 is 0 Å². The van der Waals surface area contributed by atoms with E-state index >= 15 is 0 Å². The Bertz CT molecular complexity index is 580. The van der Waals surface area contributed by atoms with Crippen LogP contribution in [0.3, 0.4) is 0 Å². The fourth-order valence-corrected chi connectivity index (χ4v) is 2.15. The first-order chi connectivity index (χ1) is 8.56. The SMILES string of the molecule is CCCn1nccc1C(=O)c1c(C)nn(C)c1C. The number of nitrogens with zero attached hydrogens (tertiary/aromatic N) is 4. The van der Waals surface area contributed by atoms with E-state index in [9.17, 15) is 4.79 Å². The minimum atomic E-state index is 0.00375. The summed E-state index contributed by atoms with van der Waals surface area (Å²) in [4.78, 5) is 12.5. The second-order valence-corrected chi connectivity index (χ2v) is 4.44. The molecule has 2 rings (SSSR count). The molecule has 0 N–H and O–H groups in total. The van der Waals surface area contributed by atoms with Crippen molar-refractivity contribution in [1.82, 2.24) is 19.6 Å². The third-order valence-electron chi connectivity index (χ3n) is 3.12. The van der Waals surface area contributed by atoms with Crippen LogP contribution in [0.15, 0.2) is 12.3 Å². The normalized spacial score (nSPS) is 10.9. The monoisotopic (exact) mass is 246 g/mol. The predicted molar refractivity (Wildman–Crippen MR) is 68.6 cm³/mol. The van der Waals surface area contributed by atoms with Gasteiger partial charge in [-0.05, 0) is 26.3 Å². The van der Waals surface area contributed by atoms with Crippen LogP contribution in [0.1, 0.15) is 40.8 Å². The van der Waals surface area contributed by atoms with E-state index in [-0.39, 0.29) is 5.78 Å². The smallest absolute Gasteiger partial charge is 0.214 e. The molecule has 0 aliphatic heterocycles. The summed E-state index contributed by atoms with van der Waals surface area (Å²) in [5.74, 6) is 0.00375. The average Bonchev–Trinajstić information content (AvgIpc) is 2.86. The molecule has 0 aromatic carbocycles. The lowest BCUT2D eigenvalue weighted by Crippen LogP contribution is -2.13. The van der Waals surface area contributed by atoms with Crippen LogP contribution in [-0.4, -0.2) is 25.3 Å². The van der Waals surface area contributed by atoms with Crippen LogP contribution < -0.4 is 0 Å². The van der Waals surface area contributed by atoms with Crippen molar-refractivity contribution in [2.75, 3.05) is 0 Å². The number of aromatic nitrogens is 4. The van der Waals surface area contributed by atoms with Gasteiger partial charge in [0, 0.05) is 25.5 Å². The Morgan fingerprint density at radius 3 is 2.67 bits per heavy atom. The van der Waals surface area contributed by atoms with Crippen molar-refractivity contribution in [3.05, 3.63) is 34.9 Å². The van der Waals surface area contributed by atoms with Gasteiger partial charge in [0.05, 0.1) is 11.3 Å². The lowest BCUT2D eigenvalue weighted by atomic mass is 10.1. The largest absolute Gasteiger partial charge is 0.287 e. The quantitative estimate of drug-likeness (QED) is 0.774. The van der Waals surface area contributed by atoms with Crippen molar-refractivity contribution in [2.24, 2.45) is 7.05 Å². The minimum Gasteiger partial charge on any atom is -0.287 e. The summed E-state index contributed by atoms with van der Waals surface area (Å²) < 4.78 is 3.50. The summed E-state index contributed by atoms with van der Waals surface area (Å²) >= 11 is 0. The van der Waals surface area contributed by atoms with E-state index in [0.717, 1.165) is 24.4 Å². The molecule has 0 saturated heterocycles. The van der Waals surface area contributed by atoms with E-state index in [4.69, 9.17) is 0 Å². The molecule has 2 aromatic rings. The molecule has 0 unspecified atom stereocenters. The maximum Gasteiger partial charge on any atom is 0.214 e. The van der Waals surface area contributed by atoms with E-state index in [1.165, 1.54) is 0 Å². The molecule has 18 heavy (non-hydrogen) atoms. The number of ketones is 1. The van der Waals surface area contributed by atoms with Gasteiger partial charge in [0.25, 0.3) is 0 Å². The first-order valence-electron chi connectivity index (χ1n) is 6.13. The van der Waals surface area contributed by atoms with Crippen LogP contribution >= 0.6 is 0 Å². The molecular formula is C13H18N4O. The van der Waals surface area contributed by atoms with Crippen molar-refractivity contribution in [1.29, 1.82) is 0 Å². The lowest BCUT2D eigenvalue weighted by Gasteiger charge is -2.05. The summed E-state index contributed by atoms with van der Waals surface area (Å²) in [6, 6.07) is 1.77. The van der Waals surface area contributed by atoms with Crippen molar-refractivity contribution in [3.8, 4) is 0 Å². The molecule has 0 fully saturated rings. The molecule has 0 atom stereocenters. The van der Waals surface area contributed by atoms with Crippen molar-refractivity contribution >= 4 is 5.78 Å².